The summed E-state index contributed by atoms with van der Waals surface area (Å²) in [4.78, 5) is 13.1. The van der Waals surface area contributed by atoms with Crippen molar-refractivity contribution >= 4 is 10.9 Å². The Morgan fingerprint density at radius 1 is 0.630 bits per heavy atom. The summed E-state index contributed by atoms with van der Waals surface area (Å²) in [5.74, 6) is 0.831. The number of fused-ring (bicyclic) bond motifs is 1. The first-order valence-electron chi connectivity index (χ1n) is 8.95. The molecule has 0 aliphatic rings. The molecule has 0 aliphatic carbocycles. The topological polar surface area (TPSA) is 41.6 Å². The van der Waals surface area contributed by atoms with Crippen molar-refractivity contribution in [2.75, 3.05) is 0 Å². The van der Waals surface area contributed by atoms with E-state index in [1.807, 2.05) is 54.7 Å². The molecule has 0 unspecified atom stereocenters. The first-order valence-corrected chi connectivity index (χ1v) is 8.95. The average Bonchev–Trinajstić information content (AvgIpc) is 3.20. The van der Waals surface area contributed by atoms with Gasteiger partial charge in [-0.3, -0.25) is 4.98 Å². The van der Waals surface area contributed by atoms with Gasteiger partial charge in [-0.1, -0.05) is 78.9 Å². The second kappa shape index (κ2) is 6.54. The van der Waals surface area contributed by atoms with Crippen molar-refractivity contribution in [3.63, 3.8) is 0 Å². The molecular formula is C24H17N3. The van der Waals surface area contributed by atoms with E-state index in [9.17, 15) is 0 Å². The summed E-state index contributed by atoms with van der Waals surface area (Å²) in [6, 6.07) is 30.8. The molecule has 3 heteroatoms. The molecule has 2 heterocycles. The smallest absolute Gasteiger partial charge is 0.140 e. The highest BCUT2D eigenvalue weighted by Gasteiger charge is 2.16. The van der Waals surface area contributed by atoms with Crippen LogP contribution < -0.4 is 0 Å². The van der Waals surface area contributed by atoms with Gasteiger partial charge in [0.05, 0.1) is 16.9 Å². The number of hydrogen-bond donors (Lipinski definition) is 1. The third-order valence-electron chi connectivity index (χ3n) is 4.70. The van der Waals surface area contributed by atoms with Crippen molar-refractivity contribution in [2.24, 2.45) is 0 Å². The summed E-state index contributed by atoms with van der Waals surface area (Å²) in [6.07, 6.45) is 1.82. The number of aromatic amines is 1. The molecule has 0 bridgehead atoms. The monoisotopic (exact) mass is 347 g/mol. The van der Waals surface area contributed by atoms with E-state index in [1.165, 1.54) is 0 Å². The normalized spacial score (nSPS) is 11.0. The minimum atomic E-state index is 0.831. The zero-order valence-corrected chi connectivity index (χ0v) is 14.6. The Morgan fingerprint density at radius 3 is 2.11 bits per heavy atom. The first kappa shape index (κ1) is 15.5. The maximum absolute atomic E-state index is 4.98. The molecule has 5 rings (SSSR count). The molecule has 0 saturated heterocycles. The van der Waals surface area contributed by atoms with E-state index in [0.717, 1.165) is 44.8 Å². The van der Waals surface area contributed by atoms with E-state index in [0.29, 0.717) is 0 Å². The van der Waals surface area contributed by atoms with Crippen LogP contribution in [0.4, 0.5) is 0 Å². The molecule has 0 radical (unpaired) electrons. The minimum absolute atomic E-state index is 0.831. The Balaban J connectivity index is 1.76. The maximum atomic E-state index is 4.98. The molecule has 0 atom stereocenters. The summed E-state index contributed by atoms with van der Waals surface area (Å²) in [5, 5.41) is 1.11. The number of benzene rings is 3. The second-order valence-corrected chi connectivity index (χ2v) is 6.42. The molecule has 0 fully saturated rings. The number of nitrogens with one attached hydrogen (secondary N) is 1. The van der Waals surface area contributed by atoms with Gasteiger partial charge in [0.2, 0.25) is 0 Å². The lowest BCUT2D eigenvalue weighted by Crippen LogP contribution is -1.86. The Kier molecular flexibility index (Phi) is 3.76. The second-order valence-electron chi connectivity index (χ2n) is 6.42. The fourth-order valence-corrected chi connectivity index (χ4v) is 3.41. The van der Waals surface area contributed by atoms with Crippen LogP contribution in [0.3, 0.4) is 0 Å². The molecule has 3 nitrogen and oxygen atoms in total. The molecular weight excluding hydrogens is 330 g/mol. The zero-order chi connectivity index (χ0) is 18.1. The van der Waals surface area contributed by atoms with Crippen LogP contribution in [0.1, 0.15) is 0 Å². The van der Waals surface area contributed by atoms with Gasteiger partial charge in [-0.25, -0.2) is 4.98 Å². The Hall–Kier alpha value is -3.72. The molecule has 128 valence electrons. The fourth-order valence-electron chi connectivity index (χ4n) is 3.41. The van der Waals surface area contributed by atoms with E-state index in [4.69, 9.17) is 4.98 Å². The predicted octanol–water partition coefficient (Wildman–Crippen LogP) is 5.96. The Bertz CT molecular complexity index is 1150. The number of nitrogens with zero attached hydrogens (tertiary/aromatic N) is 2. The predicted molar refractivity (Wildman–Crippen MR) is 110 cm³/mol. The van der Waals surface area contributed by atoms with Crippen molar-refractivity contribution in [3.8, 4) is 33.9 Å². The molecule has 2 aromatic heterocycles. The van der Waals surface area contributed by atoms with E-state index >= 15 is 0 Å². The largest absolute Gasteiger partial charge is 0.337 e. The summed E-state index contributed by atoms with van der Waals surface area (Å²) in [6.45, 7) is 0. The van der Waals surface area contributed by atoms with Crippen LogP contribution in [0.15, 0.2) is 97.2 Å². The van der Waals surface area contributed by atoms with Crippen LogP contribution >= 0.6 is 0 Å². The Morgan fingerprint density at radius 2 is 1.33 bits per heavy atom. The Labute approximate surface area is 157 Å². The van der Waals surface area contributed by atoms with Gasteiger partial charge in [0, 0.05) is 28.3 Å². The molecule has 0 spiro atoms. The van der Waals surface area contributed by atoms with Crippen LogP contribution in [0, 0.1) is 0 Å². The summed E-state index contributed by atoms with van der Waals surface area (Å²) in [7, 11) is 0. The summed E-state index contributed by atoms with van der Waals surface area (Å²) >= 11 is 0. The van der Waals surface area contributed by atoms with Gasteiger partial charge < -0.3 is 4.98 Å². The average molecular weight is 347 g/mol. The highest BCUT2D eigenvalue weighted by Crippen LogP contribution is 2.34. The van der Waals surface area contributed by atoms with Gasteiger partial charge in [0.25, 0.3) is 0 Å². The zero-order valence-electron chi connectivity index (χ0n) is 14.6. The van der Waals surface area contributed by atoms with Gasteiger partial charge in [0.1, 0.15) is 5.82 Å². The van der Waals surface area contributed by atoms with E-state index in [-0.39, 0.29) is 0 Å². The lowest BCUT2D eigenvalue weighted by Gasteiger charge is -2.03. The fraction of sp³-hybridized carbons (Fsp3) is 0. The van der Waals surface area contributed by atoms with Crippen LogP contribution in [0.25, 0.3) is 44.8 Å². The van der Waals surface area contributed by atoms with Crippen LogP contribution in [-0.2, 0) is 0 Å². The van der Waals surface area contributed by atoms with Gasteiger partial charge in [-0.15, -0.1) is 0 Å². The van der Waals surface area contributed by atoms with Crippen LogP contribution in [-0.4, -0.2) is 15.0 Å². The molecule has 1 N–H and O–H groups in total. The molecule has 27 heavy (non-hydrogen) atoms. The van der Waals surface area contributed by atoms with E-state index in [2.05, 4.69) is 52.4 Å². The lowest BCUT2D eigenvalue weighted by molar-refractivity contribution is 1.30. The van der Waals surface area contributed by atoms with Gasteiger partial charge >= 0.3 is 0 Å². The quantitative estimate of drug-likeness (QED) is 0.437. The standard InChI is InChI=1S/C24H17N3/c1-3-9-18(10-4-1)22-23(19-11-5-2-6-12-19)27-24(26-22)20-15-7-13-17-14-8-16-25-21(17)20/h1-16H,(H,26,27). The van der Waals surface area contributed by atoms with Crippen LogP contribution in [0.5, 0.6) is 0 Å². The number of H-pyrrole nitrogens is 1. The SMILES string of the molecule is c1ccc(-c2nc(-c3cccc4cccnc34)[nH]c2-c2ccccc2)cc1. The van der Waals surface area contributed by atoms with E-state index < -0.39 is 0 Å². The third-order valence-corrected chi connectivity index (χ3v) is 4.70. The maximum Gasteiger partial charge on any atom is 0.140 e. The van der Waals surface area contributed by atoms with Crippen molar-refractivity contribution < 1.29 is 0 Å². The first-order chi connectivity index (χ1) is 13.4. The van der Waals surface area contributed by atoms with Crippen molar-refractivity contribution in [1.82, 2.24) is 15.0 Å². The molecule has 5 aromatic rings. The highest BCUT2D eigenvalue weighted by atomic mass is 14.9. The van der Waals surface area contributed by atoms with Gasteiger partial charge in [-0.2, -0.15) is 0 Å². The summed E-state index contributed by atoms with van der Waals surface area (Å²) < 4.78 is 0. The van der Waals surface area contributed by atoms with Gasteiger partial charge in [0.15, 0.2) is 0 Å². The van der Waals surface area contributed by atoms with Crippen LogP contribution in [0.2, 0.25) is 0 Å². The van der Waals surface area contributed by atoms with E-state index in [1.54, 1.807) is 0 Å². The number of imidazole rings is 1. The number of pyridine rings is 1. The number of para-hydroxylation sites is 1. The summed E-state index contributed by atoms with van der Waals surface area (Å²) in [5.41, 5.74) is 6.13. The van der Waals surface area contributed by atoms with Crippen molar-refractivity contribution in [2.45, 2.75) is 0 Å². The number of rotatable bonds is 3. The number of hydrogen-bond acceptors (Lipinski definition) is 2. The highest BCUT2D eigenvalue weighted by molar-refractivity contribution is 5.93. The number of aromatic nitrogens is 3. The molecule has 0 aliphatic heterocycles. The van der Waals surface area contributed by atoms with Gasteiger partial charge in [-0.05, 0) is 12.1 Å². The minimum Gasteiger partial charge on any atom is -0.337 e. The molecule has 0 amide bonds. The molecule has 0 saturated carbocycles. The van der Waals surface area contributed by atoms with Crippen molar-refractivity contribution in [1.29, 1.82) is 0 Å². The lowest BCUT2D eigenvalue weighted by atomic mass is 10.1. The molecule has 3 aromatic carbocycles. The third kappa shape index (κ3) is 2.79. The van der Waals surface area contributed by atoms with Crippen molar-refractivity contribution in [3.05, 3.63) is 97.2 Å².